The highest BCUT2D eigenvalue weighted by molar-refractivity contribution is 7.09. The Kier molecular flexibility index (Phi) is 7.35. The average Bonchev–Trinajstić information content (AvgIpc) is 3.12. The second-order valence-corrected chi connectivity index (χ2v) is 6.84. The van der Waals surface area contributed by atoms with Crippen molar-refractivity contribution in [3.8, 4) is 0 Å². The summed E-state index contributed by atoms with van der Waals surface area (Å²) in [7, 11) is 1.66. The summed E-state index contributed by atoms with van der Waals surface area (Å²) in [5, 5.41) is 4.62. The van der Waals surface area contributed by atoms with E-state index in [2.05, 4.69) is 5.32 Å². The van der Waals surface area contributed by atoms with Gasteiger partial charge >= 0.3 is 5.97 Å². The summed E-state index contributed by atoms with van der Waals surface area (Å²) >= 11 is 1.56. The average molecular weight is 374 g/mol. The number of rotatable bonds is 8. The summed E-state index contributed by atoms with van der Waals surface area (Å²) in [6.07, 6.45) is 0.0134. The van der Waals surface area contributed by atoms with Crippen molar-refractivity contribution in [2.24, 2.45) is 0 Å². The largest absolute Gasteiger partial charge is 0.456 e. The van der Waals surface area contributed by atoms with E-state index in [0.717, 1.165) is 10.4 Å². The van der Waals surface area contributed by atoms with E-state index in [1.54, 1.807) is 30.5 Å². The summed E-state index contributed by atoms with van der Waals surface area (Å²) in [4.78, 5) is 38.3. The molecule has 7 heteroatoms. The minimum Gasteiger partial charge on any atom is -0.456 e. The molecule has 0 atom stereocenters. The van der Waals surface area contributed by atoms with Crippen molar-refractivity contribution in [2.45, 2.75) is 19.9 Å². The number of aryl methyl sites for hydroxylation is 1. The van der Waals surface area contributed by atoms with E-state index in [0.29, 0.717) is 12.1 Å². The van der Waals surface area contributed by atoms with Crippen molar-refractivity contribution in [1.29, 1.82) is 0 Å². The second kappa shape index (κ2) is 9.72. The SMILES string of the molecule is Cc1ccccc1C(=O)NCCC(=O)OCC(=O)N(C)Cc1cccs1. The predicted molar refractivity (Wildman–Crippen MR) is 99.9 cm³/mol. The number of carbonyl (C=O) groups excluding carboxylic acids is 3. The molecule has 0 fully saturated rings. The van der Waals surface area contributed by atoms with Crippen LogP contribution in [0.5, 0.6) is 0 Å². The zero-order chi connectivity index (χ0) is 18.9. The number of carbonyl (C=O) groups is 3. The number of amides is 2. The molecule has 2 amide bonds. The first-order chi connectivity index (χ1) is 12.5. The Hall–Kier alpha value is -2.67. The van der Waals surface area contributed by atoms with Gasteiger partial charge in [0.15, 0.2) is 6.61 Å². The van der Waals surface area contributed by atoms with E-state index in [-0.39, 0.29) is 31.4 Å². The van der Waals surface area contributed by atoms with E-state index in [1.807, 2.05) is 36.6 Å². The van der Waals surface area contributed by atoms with Crippen LogP contribution >= 0.6 is 11.3 Å². The van der Waals surface area contributed by atoms with Crippen LogP contribution in [0, 0.1) is 6.92 Å². The molecule has 0 aliphatic carbocycles. The molecule has 1 N–H and O–H groups in total. The zero-order valence-corrected chi connectivity index (χ0v) is 15.7. The highest BCUT2D eigenvalue weighted by Gasteiger charge is 2.13. The van der Waals surface area contributed by atoms with Gasteiger partial charge in [0.2, 0.25) is 0 Å². The molecule has 1 aromatic heterocycles. The summed E-state index contributed by atoms with van der Waals surface area (Å²) < 4.78 is 4.98. The summed E-state index contributed by atoms with van der Waals surface area (Å²) in [6.45, 7) is 2.19. The van der Waals surface area contributed by atoms with Gasteiger partial charge in [-0.3, -0.25) is 14.4 Å². The maximum atomic E-state index is 12.0. The Morgan fingerprint density at radius 3 is 2.62 bits per heavy atom. The van der Waals surface area contributed by atoms with Gasteiger partial charge in [0.05, 0.1) is 13.0 Å². The first-order valence-electron chi connectivity index (χ1n) is 8.23. The van der Waals surface area contributed by atoms with Crippen LogP contribution < -0.4 is 5.32 Å². The molecule has 0 aliphatic heterocycles. The number of thiophene rings is 1. The molecule has 0 aliphatic rings. The van der Waals surface area contributed by atoms with Gasteiger partial charge in [-0.15, -0.1) is 11.3 Å². The van der Waals surface area contributed by atoms with Gasteiger partial charge in [-0.1, -0.05) is 24.3 Å². The summed E-state index contributed by atoms with van der Waals surface area (Å²) in [6, 6.07) is 11.1. The first-order valence-corrected chi connectivity index (χ1v) is 9.11. The monoisotopic (exact) mass is 374 g/mol. The molecular formula is C19H22N2O4S. The highest BCUT2D eigenvalue weighted by Crippen LogP contribution is 2.11. The lowest BCUT2D eigenvalue weighted by Crippen LogP contribution is -2.31. The van der Waals surface area contributed by atoms with E-state index in [4.69, 9.17) is 4.74 Å². The Morgan fingerprint density at radius 2 is 1.92 bits per heavy atom. The van der Waals surface area contributed by atoms with Gasteiger partial charge in [0.1, 0.15) is 0 Å². The molecule has 2 aromatic rings. The van der Waals surface area contributed by atoms with Crippen LogP contribution in [-0.4, -0.2) is 42.9 Å². The summed E-state index contributed by atoms with van der Waals surface area (Å²) in [5.74, 6) is -1.02. The number of hydrogen-bond donors (Lipinski definition) is 1. The van der Waals surface area contributed by atoms with Crippen molar-refractivity contribution in [2.75, 3.05) is 20.2 Å². The van der Waals surface area contributed by atoms with Gasteiger partial charge in [-0.25, -0.2) is 0 Å². The normalized spacial score (nSPS) is 10.2. The summed E-state index contributed by atoms with van der Waals surface area (Å²) in [5.41, 5.74) is 1.44. The van der Waals surface area contributed by atoms with Crippen molar-refractivity contribution in [1.82, 2.24) is 10.2 Å². The van der Waals surface area contributed by atoms with Gasteiger partial charge in [0.25, 0.3) is 11.8 Å². The number of benzene rings is 1. The second-order valence-electron chi connectivity index (χ2n) is 5.81. The molecule has 26 heavy (non-hydrogen) atoms. The van der Waals surface area contributed by atoms with Crippen molar-refractivity contribution in [3.63, 3.8) is 0 Å². The fraction of sp³-hybridized carbons (Fsp3) is 0.316. The zero-order valence-electron chi connectivity index (χ0n) is 14.9. The van der Waals surface area contributed by atoms with Gasteiger partial charge < -0.3 is 15.0 Å². The van der Waals surface area contributed by atoms with Gasteiger partial charge in [0, 0.05) is 24.0 Å². The first kappa shape index (κ1) is 19.7. The number of esters is 1. The Morgan fingerprint density at radius 1 is 1.15 bits per heavy atom. The number of likely N-dealkylation sites (N-methyl/N-ethyl adjacent to an activating group) is 1. The molecule has 2 rings (SSSR count). The van der Waals surface area contributed by atoms with E-state index in [1.165, 1.54) is 4.90 Å². The van der Waals surface area contributed by atoms with E-state index >= 15 is 0 Å². The minimum atomic E-state index is -0.520. The third kappa shape index (κ3) is 6.00. The Labute approximate surface area is 156 Å². The lowest BCUT2D eigenvalue weighted by molar-refractivity contribution is -0.151. The number of nitrogens with one attached hydrogen (secondary N) is 1. The lowest BCUT2D eigenvalue weighted by atomic mass is 10.1. The molecule has 0 bridgehead atoms. The van der Waals surface area contributed by atoms with Gasteiger partial charge in [-0.2, -0.15) is 0 Å². The van der Waals surface area contributed by atoms with Gasteiger partial charge in [-0.05, 0) is 30.0 Å². The third-order valence-corrected chi connectivity index (χ3v) is 4.62. The molecule has 0 saturated heterocycles. The Bertz CT molecular complexity index is 759. The topological polar surface area (TPSA) is 75.7 Å². The quantitative estimate of drug-likeness (QED) is 0.720. The van der Waals surface area contributed by atoms with Crippen LogP contribution in [0.4, 0.5) is 0 Å². The standard InChI is InChI=1S/C19H22N2O4S/c1-14-6-3-4-8-16(14)19(24)20-10-9-18(23)25-13-17(22)21(2)12-15-7-5-11-26-15/h3-8,11H,9-10,12-13H2,1-2H3,(H,20,24). The van der Waals surface area contributed by atoms with Crippen LogP contribution in [0.3, 0.4) is 0 Å². The fourth-order valence-electron chi connectivity index (χ4n) is 2.25. The van der Waals surface area contributed by atoms with Crippen LogP contribution in [0.15, 0.2) is 41.8 Å². The Balaban J connectivity index is 1.66. The molecule has 1 heterocycles. The van der Waals surface area contributed by atoms with E-state index in [9.17, 15) is 14.4 Å². The minimum absolute atomic E-state index is 0.0134. The van der Waals surface area contributed by atoms with Crippen molar-refractivity contribution >= 4 is 29.1 Å². The number of ether oxygens (including phenoxy) is 1. The molecule has 0 radical (unpaired) electrons. The lowest BCUT2D eigenvalue weighted by Gasteiger charge is -2.16. The maximum Gasteiger partial charge on any atom is 0.308 e. The van der Waals surface area contributed by atoms with Crippen LogP contribution in [-0.2, 0) is 20.9 Å². The molecule has 6 nitrogen and oxygen atoms in total. The molecule has 0 saturated carbocycles. The van der Waals surface area contributed by atoms with Crippen LogP contribution in [0.2, 0.25) is 0 Å². The van der Waals surface area contributed by atoms with Crippen LogP contribution in [0.1, 0.15) is 27.2 Å². The number of nitrogens with zero attached hydrogens (tertiary/aromatic N) is 1. The molecule has 138 valence electrons. The number of hydrogen-bond acceptors (Lipinski definition) is 5. The van der Waals surface area contributed by atoms with E-state index < -0.39 is 5.97 Å². The molecule has 0 unspecified atom stereocenters. The smallest absolute Gasteiger partial charge is 0.308 e. The van der Waals surface area contributed by atoms with Crippen molar-refractivity contribution < 1.29 is 19.1 Å². The third-order valence-electron chi connectivity index (χ3n) is 3.76. The van der Waals surface area contributed by atoms with Crippen molar-refractivity contribution in [3.05, 3.63) is 57.8 Å². The fourth-order valence-corrected chi connectivity index (χ4v) is 3.01. The molecule has 1 aromatic carbocycles. The maximum absolute atomic E-state index is 12.0. The highest BCUT2D eigenvalue weighted by atomic mass is 32.1. The predicted octanol–water partition coefficient (Wildman–Crippen LogP) is 2.38. The molecule has 0 spiro atoms. The molecular weight excluding hydrogens is 352 g/mol. The van der Waals surface area contributed by atoms with Crippen LogP contribution in [0.25, 0.3) is 0 Å².